The first-order valence-corrected chi connectivity index (χ1v) is 6.20. The van der Waals surface area contributed by atoms with E-state index in [-0.39, 0.29) is 5.92 Å². The molecule has 0 amide bonds. The lowest BCUT2D eigenvalue weighted by atomic mass is 9.97. The van der Waals surface area contributed by atoms with E-state index in [0.717, 1.165) is 35.7 Å². The zero-order valence-corrected chi connectivity index (χ0v) is 10.6. The van der Waals surface area contributed by atoms with Gasteiger partial charge in [0.25, 0.3) is 0 Å². The molecule has 1 saturated heterocycles. The van der Waals surface area contributed by atoms with Crippen LogP contribution in [0.3, 0.4) is 0 Å². The smallest absolute Gasteiger partial charge is 0.308 e. The maximum absolute atomic E-state index is 11.0. The Kier molecular flexibility index (Phi) is 3.57. The van der Waals surface area contributed by atoms with Gasteiger partial charge in [-0.2, -0.15) is 0 Å². The minimum atomic E-state index is -0.700. The normalized spacial score (nSPS) is 20.4. The summed E-state index contributed by atoms with van der Waals surface area (Å²) in [5.41, 5.74) is 2.09. The molecule has 1 fully saturated rings. The first-order chi connectivity index (χ1) is 8.09. The molecule has 4 heteroatoms. The van der Waals surface area contributed by atoms with Crippen LogP contribution in [0.1, 0.15) is 18.4 Å². The van der Waals surface area contributed by atoms with E-state index >= 15 is 0 Å². The summed E-state index contributed by atoms with van der Waals surface area (Å²) in [5.74, 6) is -0.962. The van der Waals surface area contributed by atoms with E-state index in [1.807, 2.05) is 25.1 Å². The molecule has 1 heterocycles. The number of halogens is 1. The Morgan fingerprint density at radius 3 is 3.00 bits per heavy atom. The summed E-state index contributed by atoms with van der Waals surface area (Å²) >= 11 is 6.09. The maximum Gasteiger partial charge on any atom is 0.308 e. The van der Waals surface area contributed by atoms with Crippen LogP contribution in [-0.2, 0) is 4.79 Å². The molecule has 1 N–H and O–H groups in total. The highest BCUT2D eigenvalue weighted by Crippen LogP contribution is 2.29. The molecule has 0 aliphatic carbocycles. The van der Waals surface area contributed by atoms with Crippen molar-refractivity contribution in [2.75, 3.05) is 18.0 Å². The van der Waals surface area contributed by atoms with Gasteiger partial charge in [-0.1, -0.05) is 17.7 Å². The number of hydrogen-bond acceptors (Lipinski definition) is 2. The van der Waals surface area contributed by atoms with Crippen LogP contribution in [0.5, 0.6) is 0 Å². The van der Waals surface area contributed by atoms with E-state index in [1.54, 1.807) is 0 Å². The highest BCUT2D eigenvalue weighted by molar-refractivity contribution is 6.31. The molecular formula is C13H16ClNO2. The summed E-state index contributed by atoms with van der Waals surface area (Å²) in [4.78, 5) is 13.2. The Labute approximate surface area is 106 Å². The molecule has 0 saturated carbocycles. The van der Waals surface area contributed by atoms with E-state index < -0.39 is 5.97 Å². The van der Waals surface area contributed by atoms with Crippen molar-refractivity contribution in [2.45, 2.75) is 19.8 Å². The Hall–Kier alpha value is -1.22. The number of anilines is 1. The topological polar surface area (TPSA) is 40.5 Å². The molecule has 1 aromatic rings. The summed E-state index contributed by atoms with van der Waals surface area (Å²) in [6.45, 7) is 3.46. The molecule has 0 bridgehead atoms. The lowest BCUT2D eigenvalue weighted by Crippen LogP contribution is -2.39. The fourth-order valence-corrected chi connectivity index (χ4v) is 2.51. The molecule has 0 aromatic heterocycles. The molecule has 92 valence electrons. The third kappa shape index (κ3) is 2.55. The number of carbonyl (C=O) groups is 1. The molecule has 0 radical (unpaired) electrons. The number of rotatable bonds is 2. The summed E-state index contributed by atoms with van der Waals surface area (Å²) < 4.78 is 0. The predicted octanol–water partition coefficient (Wildman–Crippen LogP) is 2.95. The average Bonchev–Trinajstić information content (AvgIpc) is 2.33. The molecule has 1 aliphatic rings. The average molecular weight is 254 g/mol. The van der Waals surface area contributed by atoms with Crippen molar-refractivity contribution in [2.24, 2.45) is 5.92 Å². The summed E-state index contributed by atoms with van der Waals surface area (Å²) in [6.07, 6.45) is 1.69. The van der Waals surface area contributed by atoms with Crippen LogP contribution in [0, 0.1) is 12.8 Å². The van der Waals surface area contributed by atoms with Crippen molar-refractivity contribution in [3.8, 4) is 0 Å². The Balaban J connectivity index is 2.22. The minimum absolute atomic E-state index is 0.262. The van der Waals surface area contributed by atoms with Crippen molar-refractivity contribution >= 4 is 23.3 Å². The van der Waals surface area contributed by atoms with Crippen molar-refractivity contribution in [1.29, 1.82) is 0 Å². The molecular weight excluding hydrogens is 238 g/mol. The molecule has 17 heavy (non-hydrogen) atoms. The van der Waals surface area contributed by atoms with Crippen molar-refractivity contribution < 1.29 is 9.90 Å². The maximum atomic E-state index is 11.0. The van der Waals surface area contributed by atoms with Gasteiger partial charge in [-0.15, -0.1) is 0 Å². The number of carboxylic acid groups (broad SMARTS) is 1. The van der Waals surface area contributed by atoms with Crippen LogP contribution in [0.2, 0.25) is 5.02 Å². The van der Waals surface area contributed by atoms with Gasteiger partial charge in [0.15, 0.2) is 0 Å². The standard InChI is InChI=1S/C13H16ClNO2/c1-9-11(14)5-2-6-12(9)15-7-3-4-10(8-15)13(16)17/h2,5-6,10H,3-4,7-8H2,1H3,(H,16,17). The third-order valence-electron chi connectivity index (χ3n) is 3.35. The molecule has 1 unspecified atom stereocenters. The highest BCUT2D eigenvalue weighted by atomic mass is 35.5. The van der Waals surface area contributed by atoms with Gasteiger partial charge in [0, 0.05) is 23.8 Å². The Morgan fingerprint density at radius 2 is 2.29 bits per heavy atom. The van der Waals surface area contributed by atoms with E-state index in [0.29, 0.717) is 6.54 Å². The lowest BCUT2D eigenvalue weighted by Gasteiger charge is -2.33. The minimum Gasteiger partial charge on any atom is -0.481 e. The van der Waals surface area contributed by atoms with Crippen LogP contribution in [0.25, 0.3) is 0 Å². The second-order valence-corrected chi connectivity index (χ2v) is 4.91. The third-order valence-corrected chi connectivity index (χ3v) is 3.76. The molecule has 1 atom stereocenters. The second kappa shape index (κ2) is 4.96. The second-order valence-electron chi connectivity index (χ2n) is 4.51. The van der Waals surface area contributed by atoms with E-state index in [4.69, 9.17) is 16.7 Å². The Morgan fingerprint density at radius 1 is 1.53 bits per heavy atom. The quantitative estimate of drug-likeness (QED) is 0.881. The largest absolute Gasteiger partial charge is 0.481 e. The van der Waals surface area contributed by atoms with Gasteiger partial charge >= 0.3 is 5.97 Å². The SMILES string of the molecule is Cc1c(Cl)cccc1N1CCCC(C(=O)O)C1. The van der Waals surface area contributed by atoms with Crippen molar-refractivity contribution in [3.63, 3.8) is 0 Å². The monoisotopic (exact) mass is 253 g/mol. The zero-order chi connectivity index (χ0) is 12.4. The van der Waals surface area contributed by atoms with E-state index in [9.17, 15) is 4.79 Å². The van der Waals surface area contributed by atoms with Gasteiger partial charge in [-0.3, -0.25) is 4.79 Å². The Bertz CT molecular complexity index is 433. The van der Waals surface area contributed by atoms with Crippen molar-refractivity contribution in [1.82, 2.24) is 0 Å². The molecule has 2 rings (SSSR count). The highest BCUT2D eigenvalue weighted by Gasteiger charge is 2.26. The number of hydrogen-bond donors (Lipinski definition) is 1. The van der Waals surface area contributed by atoms with Gasteiger partial charge < -0.3 is 10.0 Å². The number of aliphatic carboxylic acids is 1. The van der Waals surface area contributed by atoms with E-state index in [1.165, 1.54) is 0 Å². The van der Waals surface area contributed by atoms with Crippen LogP contribution >= 0.6 is 11.6 Å². The number of nitrogens with zero attached hydrogens (tertiary/aromatic N) is 1. The summed E-state index contributed by atoms with van der Waals surface area (Å²) in [6, 6.07) is 5.78. The summed E-state index contributed by atoms with van der Waals surface area (Å²) in [7, 11) is 0. The predicted molar refractivity (Wildman–Crippen MR) is 68.8 cm³/mol. The van der Waals surface area contributed by atoms with Gasteiger partial charge in [0.05, 0.1) is 5.92 Å². The van der Waals surface area contributed by atoms with Crippen LogP contribution in [0.15, 0.2) is 18.2 Å². The first-order valence-electron chi connectivity index (χ1n) is 5.82. The molecule has 0 spiro atoms. The summed E-state index contributed by atoms with van der Waals surface area (Å²) in [5, 5.41) is 9.81. The van der Waals surface area contributed by atoms with Crippen molar-refractivity contribution in [3.05, 3.63) is 28.8 Å². The fraction of sp³-hybridized carbons (Fsp3) is 0.462. The van der Waals surface area contributed by atoms with Gasteiger partial charge in [0.2, 0.25) is 0 Å². The van der Waals surface area contributed by atoms with Gasteiger partial charge in [-0.05, 0) is 37.5 Å². The van der Waals surface area contributed by atoms with Crippen LogP contribution in [0.4, 0.5) is 5.69 Å². The van der Waals surface area contributed by atoms with E-state index in [2.05, 4.69) is 4.90 Å². The lowest BCUT2D eigenvalue weighted by molar-refractivity contribution is -0.141. The van der Waals surface area contributed by atoms with Crippen LogP contribution in [-0.4, -0.2) is 24.2 Å². The number of carboxylic acids is 1. The first kappa shape index (κ1) is 12.2. The fourth-order valence-electron chi connectivity index (χ4n) is 2.34. The van der Waals surface area contributed by atoms with Gasteiger partial charge in [0.1, 0.15) is 0 Å². The van der Waals surface area contributed by atoms with Gasteiger partial charge in [-0.25, -0.2) is 0 Å². The van der Waals surface area contributed by atoms with Crippen LogP contribution < -0.4 is 4.90 Å². The number of piperidine rings is 1. The molecule has 3 nitrogen and oxygen atoms in total. The zero-order valence-electron chi connectivity index (χ0n) is 9.82. The molecule has 1 aliphatic heterocycles. The number of benzene rings is 1. The molecule has 1 aromatic carbocycles.